The highest BCUT2D eigenvalue weighted by Crippen LogP contribution is 2.32. The molecular formula is C36H67NO17. The summed E-state index contributed by atoms with van der Waals surface area (Å²) in [4.78, 5) is 0. The Kier molecular flexibility index (Phi) is 21.7. The first-order valence-corrected chi connectivity index (χ1v) is 19.5. The van der Waals surface area contributed by atoms with E-state index < -0.39 is 124 Å². The molecule has 3 aliphatic rings. The van der Waals surface area contributed by atoms with Crippen LogP contribution in [0.1, 0.15) is 84.0 Å². The van der Waals surface area contributed by atoms with Gasteiger partial charge in [-0.1, -0.05) is 83.3 Å². The number of unbranched alkanes of at least 4 members (excludes halogenated alkanes) is 11. The number of allylic oxidation sites excluding steroid dienone is 1. The molecule has 54 heavy (non-hydrogen) atoms. The van der Waals surface area contributed by atoms with Gasteiger partial charge in [0.1, 0.15) is 73.2 Å². The molecule has 0 aromatic heterocycles. The molecule has 0 radical (unpaired) electrons. The third-order valence-corrected chi connectivity index (χ3v) is 10.3. The van der Waals surface area contributed by atoms with E-state index in [9.17, 15) is 56.2 Å². The molecule has 0 aromatic carbocycles. The number of aliphatic hydroxyl groups excluding tert-OH is 11. The van der Waals surface area contributed by atoms with Crippen LogP contribution in [0, 0.1) is 0 Å². The Balaban J connectivity index is 1.44. The maximum Gasteiger partial charge on any atom is 0.187 e. The highest BCUT2D eigenvalue weighted by Gasteiger charge is 2.53. The van der Waals surface area contributed by atoms with Gasteiger partial charge in [-0.05, 0) is 12.8 Å². The van der Waals surface area contributed by atoms with Crippen LogP contribution in [0.15, 0.2) is 12.2 Å². The van der Waals surface area contributed by atoms with Crippen molar-refractivity contribution in [2.24, 2.45) is 5.73 Å². The highest BCUT2D eigenvalue weighted by molar-refractivity contribution is 4.97. The van der Waals surface area contributed by atoms with Crippen molar-refractivity contribution in [2.45, 2.75) is 188 Å². The number of hydrogen-bond acceptors (Lipinski definition) is 18. The Labute approximate surface area is 317 Å². The molecule has 0 amide bonds. The Bertz CT molecular complexity index is 1030. The summed E-state index contributed by atoms with van der Waals surface area (Å²) in [6.07, 6.45) is -8.26. The van der Waals surface area contributed by atoms with E-state index in [1.54, 1.807) is 6.08 Å². The summed E-state index contributed by atoms with van der Waals surface area (Å²) in [5.41, 5.74) is 6.08. The molecule has 3 aliphatic heterocycles. The van der Waals surface area contributed by atoms with E-state index in [-0.39, 0.29) is 6.61 Å². The zero-order valence-corrected chi connectivity index (χ0v) is 31.2. The number of nitrogens with two attached hydrogens (primary N) is 1. The average Bonchev–Trinajstić information content (AvgIpc) is 3.17. The molecule has 0 bridgehead atoms. The minimum absolute atomic E-state index is 0.285. The van der Waals surface area contributed by atoms with E-state index in [0.29, 0.717) is 0 Å². The number of aliphatic hydroxyl groups is 11. The lowest BCUT2D eigenvalue weighted by atomic mass is 9.96. The van der Waals surface area contributed by atoms with Crippen LogP contribution in [-0.2, 0) is 28.4 Å². The Morgan fingerprint density at radius 3 is 1.48 bits per heavy atom. The lowest BCUT2D eigenvalue weighted by Gasteiger charge is -2.48. The van der Waals surface area contributed by atoms with Gasteiger partial charge in [-0.3, -0.25) is 0 Å². The minimum atomic E-state index is -1.94. The van der Waals surface area contributed by atoms with Gasteiger partial charge in [0.05, 0.1) is 38.6 Å². The van der Waals surface area contributed by atoms with Crippen LogP contribution in [0.25, 0.3) is 0 Å². The van der Waals surface area contributed by atoms with Crippen molar-refractivity contribution >= 4 is 0 Å². The maximum atomic E-state index is 10.9. The first-order chi connectivity index (χ1) is 25.9. The fraction of sp³-hybridized carbons (Fsp3) is 0.944. The van der Waals surface area contributed by atoms with Gasteiger partial charge in [-0.2, -0.15) is 0 Å². The van der Waals surface area contributed by atoms with Crippen molar-refractivity contribution in [3.05, 3.63) is 12.2 Å². The zero-order chi connectivity index (χ0) is 39.8. The number of rotatable bonds is 24. The summed E-state index contributed by atoms with van der Waals surface area (Å²) in [7, 11) is 0. The molecule has 17 atom stereocenters. The normalized spacial score (nSPS) is 38.9. The predicted octanol–water partition coefficient (Wildman–Crippen LogP) is -2.60. The van der Waals surface area contributed by atoms with Crippen LogP contribution in [0.3, 0.4) is 0 Å². The van der Waals surface area contributed by atoms with E-state index in [1.807, 2.05) is 6.08 Å². The molecule has 0 spiro atoms. The van der Waals surface area contributed by atoms with Crippen molar-refractivity contribution < 1.29 is 84.6 Å². The Hall–Kier alpha value is -0.980. The minimum Gasteiger partial charge on any atom is -0.394 e. The molecule has 0 aromatic rings. The topological polar surface area (TPSA) is 304 Å². The molecule has 3 heterocycles. The van der Waals surface area contributed by atoms with Crippen molar-refractivity contribution in [1.82, 2.24) is 0 Å². The molecule has 318 valence electrons. The molecular weight excluding hydrogens is 718 g/mol. The molecule has 3 fully saturated rings. The molecule has 18 heteroatoms. The number of hydrogen-bond donors (Lipinski definition) is 12. The monoisotopic (exact) mass is 785 g/mol. The standard InChI is InChI=1S/C36H67NO17/c1-2-3-4-5-6-7-8-9-10-11-12-13-14-15-21(41)20(37)19-49-34-30(47)27(44)32(23(17-39)51-34)54-36-31(48)28(45)33(24(18-40)52-36)53-35-29(46)26(43)25(42)22(16-38)50-35/h14-15,20-36,38-48H,2-13,16-19,37H2,1H3/b15-14+/t20-,21+,22-,23+,24-,25+,26+,27+,28-,29+,30+,31+,32+,33-,34+,35+,36+/m1/s1. The lowest BCUT2D eigenvalue weighted by molar-refractivity contribution is -0.379. The second kappa shape index (κ2) is 24.7. The fourth-order valence-electron chi connectivity index (χ4n) is 6.79. The van der Waals surface area contributed by atoms with Gasteiger partial charge in [0.25, 0.3) is 0 Å². The van der Waals surface area contributed by atoms with E-state index >= 15 is 0 Å². The smallest absolute Gasteiger partial charge is 0.187 e. The Morgan fingerprint density at radius 2 is 0.981 bits per heavy atom. The van der Waals surface area contributed by atoms with Gasteiger partial charge in [0.15, 0.2) is 18.9 Å². The lowest BCUT2D eigenvalue weighted by Crippen LogP contribution is -2.66. The second-order valence-corrected chi connectivity index (χ2v) is 14.6. The van der Waals surface area contributed by atoms with Gasteiger partial charge >= 0.3 is 0 Å². The third kappa shape index (κ3) is 13.6. The summed E-state index contributed by atoms with van der Waals surface area (Å²) in [6, 6.07) is -0.908. The average molecular weight is 786 g/mol. The molecule has 3 rings (SSSR count). The van der Waals surface area contributed by atoms with E-state index in [4.69, 9.17) is 34.2 Å². The van der Waals surface area contributed by atoms with Gasteiger partial charge < -0.3 is 90.3 Å². The summed E-state index contributed by atoms with van der Waals surface area (Å²) in [6.45, 7) is -0.413. The van der Waals surface area contributed by atoms with Crippen LogP contribution >= 0.6 is 0 Å². The van der Waals surface area contributed by atoms with E-state index in [1.165, 1.54) is 57.8 Å². The van der Waals surface area contributed by atoms with Gasteiger partial charge in [-0.25, -0.2) is 0 Å². The Morgan fingerprint density at radius 1 is 0.556 bits per heavy atom. The largest absolute Gasteiger partial charge is 0.394 e. The van der Waals surface area contributed by atoms with Crippen LogP contribution < -0.4 is 5.73 Å². The molecule has 0 saturated carbocycles. The second-order valence-electron chi connectivity index (χ2n) is 14.6. The molecule has 0 aliphatic carbocycles. The van der Waals surface area contributed by atoms with E-state index in [2.05, 4.69) is 6.92 Å². The summed E-state index contributed by atoms with van der Waals surface area (Å²) in [5.74, 6) is 0. The first kappa shape index (κ1) is 47.4. The van der Waals surface area contributed by atoms with Crippen molar-refractivity contribution in [3.63, 3.8) is 0 Å². The van der Waals surface area contributed by atoms with Crippen LogP contribution in [0.2, 0.25) is 0 Å². The van der Waals surface area contributed by atoms with Gasteiger partial charge in [0, 0.05) is 0 Å². The summed E-state index contributed by atoms with van der Waals surface area (Å²) in [5, 5.41) is 114. The molecule has 18 nitrogen and oxygen atoms in total. The first-order valence-electron chi connectivity index (χ1n) is 19.5. The fourth-order valence-corrected chi connectivity index (χ4v) is 6.79. The number of ether oxygens (including phenoxy) is 6. The van der Waals surface area contributed by atoms with Crippen LogP contribution in [0.4, 0.5) is 0 Å². The summed E-state index contributed by atoms with van der Waals surface area (Å²) >= 11 is 0. The van der Waals surface area contributed by atoms with Crippen molar-refractivity contribution in [1.29, 1.82) is 0 Å². The van der Waals surface area contributed by atoms with Crippen molar-refractivity contribution in [3.8, 4) is 0 Å². The SMILES string of the molecule is CCCCCCCCCCCCC/C=C/[C@H](O)[C@H](N)CO[C@H]1O[C@@H](CO)[C@H](O[C@@H]2O[C@H](CO)[C@@H](O[C@@H]3O[C@H](CO)[C@H](O)[C@H](O)[C@@H]3O)[C@H](O)[C@@H]2O)[C@@H](O)[C@@H]1O. The van der Waals surface area contributed by atoms with Gasteiger partial charge in [-0.15, -0.1) is 0 Å². The van der Waals surface area contributed by atoms with Crippen LogP contribution in [0.5, 0.6) is 0 Å². The maximum absolute atomic E-state index is 10.9. The van der Waals surface area contributed by atoms with Gasteiger partial charge in [0.2, 0.25) is 0 Å². The highest BCUT2D eigenvalue weighted by atomic mass is 16.8. The quantitative estimate of drug-likeness (QED) is 0.0353. The molecule has 0 unspecified atom stereocenters. The van der Waals surface area contributed by atoms with Crippen molar-refractivity contribution in [2.75, 3.05) is 26.4 Å². The summed E-state index contributed by atoms with van der Waals surface area (Å²) < 4.78 is 33.3. The predicted molar refractivity (Wildman–Crippen MR) is 189 cm³/mol. The molecule has 3 saturated heterocycles. The third-order valence-electron chi connectivity index (χ3n) is 10.3. The zero-order valence-electron chi connectivity index (χ0n) is 31.2. The molecule has 13 N–H and O–H groups in total. The van der Waals surface area contributed by atoms with E-state index in [0.717, 1.165) is 19.3 Å². The van der Waals surface area contributed by atoms with Crippen LogP contribution in [-0.4, -0.2) is 187 Å².